The van der Waals surface area contributed by atoms with Crippen LogP contribution >= 0.6 is 0 Å². The molecule has 2 aromatic carbocycles. The molecule has 26 heavy (non-hydrogen) atoms. The Bertz CT molecular complexity index is 758. The molecule has 6 nitrogen and oxygen atoms in total. The first-order valence-electron chi connectivity index (χ1n) is 8.87. The molecule has 0 radical (unpaired) electrons. The van der Waals surface area contributed by atoms with Crippen LogP contribution in [0, 0.1) is 0 Å². The van der Waals surface area contributed by atoms with Crippen molar-refractivity contribution in [2.45, 2.75) is 6.42 Å². The molecule has 0 atom stereocenters. The predicted octanol–water partition coefficient (Wildman–Crippen LogP) is 2.18. The van der Waals surface area contributed by atoms with E-state index in [0.717, 1.165) is 39.3 Å². The van der Waals surface area contributed by atoms with E-state index in [2.05, 4.69) is 4.90 Å². The van der Waals surface area contributed by atoms with E-state index < -0.39 is 0 Å². The maximum absolute atomic E-state index is 12.8. The van der Waals surface area contributed by atoms with Crippen molar-refractivity contribution in [1.82, 2.24) is 4.90 Å². The SMILES string of the molecule is Nc1ccc(C(=O)c2ccccc2OCCCN2CCOCC2)cc1N. The summed E-state index contributed by atoms with van der Waals surface area (Å²) in [5, 5.41) is 0. The minimum atomic E-state index is -0.125. The van der Waals surface area contributed by atoms with Crippen molar-refractivity contribution < 1.29 is 14.3 Å². The van der Waals surface area contributed by atoms with Gasteiger partial charge in [-0.3, -0.25) is 9.69 Å². The fourth-order valence-corrected chi connectivity index (χ4v) is 2.95. The topological polar surface area (TPSA) is 90.8 Å². The minimum absolute atomic E-state index is 0.125. The van der Waals surface area contributed by atoms with E-state index in [-0.39, 0.29) is 5.78 Å². The maximum atomic E-state index is 12.8. The van der Waals surface area contributed by atoms with Gasteiger partial charge in [0.25, 0.3) is 0 Å². The van der Waals surface area contributed by atoms with Gasteiger partial charge in [-0.1, -0.05) is 12.1 Å². The van der Waals surface area contributed by atoms with Crippen LogP contribution in [-0.2, 0) is 4.74 Å². The van der Waals surface area contributed by atoms with E-state index in [1.54, 1.807) is 24.3 Å². The third kappa shape index (κ3) is 4.53. The molecule has 1 aliphatic rings. The molecule has 1 saturated heterocycles. The molecule has 4 N–H and O–H groups in total. The second-order valence-electron chi connectivity index (χ2n) is 6.33. The van der Waals surface area contributed by atoms with Gasteiger partial charge in [0.05, 0.1) is 36.8 Å². The first kappa shape index (κ1) is 18.2. The van der Waals surface area contributed by atoms with E-state index in [9.17, 15) is 4.79 Å². The van der Waals surface area contributed by atoms with Crippen molar-refractivity contribution in [3.63, 3.8) is 0 Å². The summed E-state index contributed by atoms with van der Waals surface area (Å²) in [6.45, 7) is 5.05. The number of benzene rings is 2. The summed E-state index contributed by atoms with van der Waals surface area (Å²) in [6, 6.07) is 12.2. The average Bonchev–Trinajstić information content (AvgIpc) is 2.68. The lowest BCUT2D eigenvalue weighted by Crippen LogP contribution is -2.37. The van der Waals surface area contributed by atoms with E-state index in [1.165, 1.54) is 0 Å². The number of carbonyl (C=O) groups is 1. The first-order chi connectivity index (χ1) is 12.6. The maximum Gasteiger partial charge on any atom is 0.196 e. The quantitative estimate of drug-likeness (QED) is 0.449. The molecular weight excluding hydrogens is 330 g/mol. The van der Waals surface area contributed by atoms with E-state index >= 15 is 0 Å². The summed E-state index contributed by atoms with van der Waals surface area (Å²) in [4.78, 5) is 15.2. The number of nitrogen functional groups attached to an aromatic ring is 2. The number of morpholine rings is 1. The normalized spacial score (nSPS) is 14.9. The molecule has 1 heterocycles. The van der Waals surface area contributed by atoms with Gasteiger partial charge >= 0.3 is 0 Å². The molecule has 0 unspecified atom stereocenters. The minimum Gasteiger partial charge on any atom is -0.493 e. The van der Waals surface area contributed by atoms with Crippen LogP contribution in [-0.4, -0.2) is 50.1 Å². The number of hydrogen-bond donors (Lipinski definition) is 2. The van der Waals surface area contributed by atoms with E-state index in [1.807, 2.05) is 18.2 Å². The van der Waals surface area contributed by atoms with Crippen molar-refractivity contribution >= 4 is 17.2 Å². The molecular formula is C20H25N3O3. The van der Waals surface area contributed by atoms with Gasteiger partial charge in [-0.25, -0.2) is 0 Å². The number of ketones is 1. The molecule has 1 fully saturated rings. The standard InChI is InChI=1S/C20H25N3O3/c21-17-7-6-15(14-18(17)22)20(24)16-4-1-2-5-19(16)26-11-3-8-23-9-12-25-13-10-23/h1-2,4-7,14H,3,8-13,21-22H2. The Morgan fingerprint density at radius 1 is 1.08 bits per heavy atom. The number of para-hydroxylation sites is 1. The molecule has 3 rings (SSSR count). The van der Waals surface area contributed by atoms with Gasteiger partial charge in [-0.05, 0) is 36.8 Å². The van der Waals surface area contributed by atoms with Crippen molar-refractivity contribution in [2.75, 3.05) is 50.9 Å². The third-order valence-corrected chi connectivity index (χ3v) is 4.46. The van der Waals surface area contributed by atoms with E-state index in [0.29, 0.717) is 34.9 Å². The fourth-order valence-electron chi connectivity index (χ4n) is 2.95. The highest BCUT2D eigenvalue weighted by atomic mass is 16.5. The summed E-state index contributed by atoms with van der Waals surface area (Å²) in [7, 11) is 0. The number of ether oxygens (including phenoxy) is 2. The summed E-state index contributed by atoms with van der Waals surface area (Å²) < 4.78 is 11.2. The van der Waals surface area contributed by atoms with E-state index in [4.69, 9.17) is 20.9 Å². The lowest BCUT2D eigenvalue weighted by atomic mass is 10.0. The van der Waals surface area contributed by atoms with Gasteiger partial charge in [0.15, 0.2) is 5.78 Å². The number of hydrogen-bond acceptors (Lipinski definition) is 6. The van der Waals surface area contributed by atoms with Gasteiger partial charge < -0.3 is 20.9 Å². The Balaban J connectivity index is 1.61. The van der Waals surface area contributed by atoms with Crippen LogP contribution in [0.1, 0.15) is 22.3 Å². The Labute approximate surface area is 153 Å². The Hall–Kier alpha value is -2.57. The summed E-state index contributed by atoms with van der Waals surface area (Å²) >= 11 is 0. The highest BCUT2D eigenvalue weighted by Crippen LogP contribution is 2.24. The summed E-state index contributed by atoms with van der Waals surface area (Å²) in [6.07, 6.45) is 0.900. The second kappa shape index (κ2) is 8.69. The first-order valence-corrected chi connectivity index (χ1v) is 8.87. The van der Waals surface area contributed by atoms with Crippen LogP contribution in [0.25, 0.3) is 0 Å². The second-order valence-corrected chi connectivity index (χ2v) is 6.33. The van der Waals surface area contributed by atoms with Gasteiger partial charge in [-0.15, -0.1) is 0 Å². The third-order valence-electron chi connectivity index (χ3n) is 4.46. The van der Waals surface area contributed by atoms with Crippen LogP contribution in [0.4, 0.5) is 11.4 Å². The Morgan fingerprint density at radius 2 is 1.85 bits per heavy atom. The van der Waals surface area contributed by atoms with Gasteiger partial charge in [0, 0.05) is 25.2 Å². The molecule has 0 aromatic heterocycles. The summed E-state index contributed by atoms with van der Waals surface area (Å²) in [5.74, 6) is 0.468. The Morgan fingerprint density at radius 3 is 2.62 bits per heavy atom. The lowest BCUT2D eigenvalue weighted by molar-refractivity contribution is 0.0357. The van der Waals surface area contributed by atoms with Crippen molar-refractivity contribution in [2.24, 2.45) is 0 Å². The molecule has 1 aliphatic heterocycles. The zero-order chi connectivity index (χ0) is 18.4. The number of nitrogens with two attached hydrogens (primary N) is 2. The highest BCUT2D eigenvalue weighted by Gasteiger charge is 2.15. The fraction of sp³-hybridized carbons (Fsp3) is 0.350. The molecule has 6 heteroatoms. The molecule has 0 amide bonds. The number of anilines is 2. The average molecular weight is 355 g/mol. The molecule has 2 aromatic rings. The van der Waals surface area contributed by atoms with Gasteiger partial charge in [0.1, 0.15) is 5.75 Å². The summed E-state index contributed by atoms with van der Waals surface area (Å²) in [5.41, 5.74) is 13.4. The van der Waals surface area contributed by atoms with Gasteiger partial charge in [-0.2, -0.15) is 0 Å². The van der Waals surface area contributed by atoms with Gasteiger partial charge in [0.2, 0.25) is 0 Å². The number of carbonyl (C=O) groups excluding carboxylic acids is 1. The molecule has 0 aliphatic carbocycles. The molecule has 138 valence electrons. The number of rotatable bonds is 7. The van der Waals surface area contributed by atoms with Crippen LogP contribution in [0.15, 0.2) is 42.5 Å². The molecule has 0 spiro atoms. The van der Waals surface area contributed by atoms with Crippen molar-refractivity contribution in [3.8, 4) is 5.75 Å². The zero-order valence-corrected chi connectivity index (χ0v) is 14.8. The smallest absolute Gasteiger partial charge is 0.196 e. The predicted molar refractivity (Wildman–Crippen MR) is 103 cm³/mol. The van der Waals surface area contributed by atoms with Crippen LogP contribution < -0.4 is 16.2 Å². The lowest BCUT2D eigenvalue weighted by Gasteiger charge is -2.26. The molecule has 0 saturated carbocycles. The van der Waals surface area contributed by atoms with Crippen LogP contribution in [0.2, 0.25) is 0 Å². The zero-order valence-electron chi connectivity index (χ0n) is 14.8. The number of nitrogens with zero attached hydrogens (tertiary/aromatic N) is 1. The van der Waals surface area contributed by atoms with Crippen LogP contribution in [0.5, 0.6) is 5.75 Å². The largest absolute Gasteiger partial charge is 0.493 e. The van der Waals surface area contributed by atoms with Crippen LogP contribution in [0.3, 0.4) is 0 Å². The van der Waals surface area contributed by atoms with Crippen molar-refractivity contribution in [3.05, 3.63) is 53.6 Å². The highest BCUT2D eigenvalue weighted by molar-refractivity contribution is 6.11. The van der Waals surface area contributed by atoms with Crippen molar-refractivity contribution in [1.29, 1.82) is 0 Å². The molecule has 0 bridgehead atoms. The monoisotopic (exact) mass is 355 g/mol. The Kier molecular flexibility index (Phi) is 6.09.